The molecule has 0 aliphatic rings. The standard InChI is InChI=1S/C8H10N4O2S/c1-5-6-3-4-12(2)7(6)11-8(10-5)15(9,13)14/h3-4H,1-2H3,(H2,9,13,14). The maximum absolute atomic E-state index is 11.1. The fourth-order valence-electron chi connectivity index (χ4n) is 1.39. The summed E-state index contributed by atoms with van der Waals surface area (Å²) in [5.74, 6) is 0. The summed E-state index contributed by atoms with van der Waals surface area (Å²) in [6.07, 6.45) is 1.79. The largest absolute Gasteiger partial charge is 0.335 e. The van der Waals surface area contributed by atoms with E-state index in [2.05, 4.69) is 9.97 Å². The van der Waals surface area contributed by atoms with E-state index in [0.717, 1.165) is 5.39 Å². The normalized spacial score (nSPS) is 12.2. The van der Waals surface area contributed by atoms with Crippen molar-refractivity contribution >= 4 is 21.1 Å². The van der Waals surface area contributed by atoms with E-state index in [1.807, 2.05) is 6.07 Å². The molecule has 0 amide bonds. The van der Waals surface area contributed by atoms with Crippen molar-refractivity contribution in [3.63, 3.8) is 0 Å². The van der Waals surface area contributed by atoms with E-state index in [1.54, 1.807) is 24.7 Å². The van der Waals surface area contributed by atoms with Crippen LogP contribution in [0.4, 0.5) is 0 Å². The minimum absolute atomic E-state index is 0.339. The Balaban J connectivity index is 2.88. The van der Waals surface area contributed by atoms with Gasteiger partial charge in [-0.3, -0.25) is 0 Å². The number of aromatic nitrogens is 3. The molecule has 0 aliphatic carbocycles. The second-order valence-corrected chi connectivity index (χ2v) is 4.76. The number of nitrogens with zero attached hydrogens (tertiary/aromatic N) is 3. The van der Waals surface area contributed by atoms with Crippen molar-refractivity contribution in [2.75, 3.05) is 0 Å². The van der Waals surface area contributed by atoms with E-state index in [9.17, 15) is 8.42 Å². The molecule has 80 valence electrons. The zero-order valence-electron chi connectivity index (χ0n) is 8.30. The molecule has 0 unspecified atom stereocenters. The summed E-state index contributed by atoms with van der Waals surface area (Å²) in [6, 6.07) is 1.83. The molecule has 0 saturated heterocycles. The molecule has 2 aromatic rings. The lowest BCUT2D eigenvalue weighted by Crippen LogP contribution is -2.16. The summed E-state index contributed by atoms with van der Waals surface area (Å²) in [5.41, 5.74) is 1.16. The van der Waals surface area contributed by atoms with Crippen molar-refractivity contribution in [2.45, 2.75) is 12.1 Å². The molecule has 0 bridgehead atoms. The van der Waals surface area contributed by atoms with E-state index < -0.39 is 10.0 Å². The maximum atomic E-state index is 11.1. The smallest absolute Gasteiger partial charge is 0.273 e. The van der Waals surface area contributed by atoms with Crippen LogP contribution in [0.15, 0.2) is 17.4 Å². The van der Waals surface area contributed by atoms with Crippen LogP contribution in [-0.4, -0.2) is 23.0 Å². The van der Waals surface area contributed by atoms with Gasteiger partial charge in [-0.2, -0.15) is 4.98 Å². The number of primary sulfonamides is 1. The Kier molecular flexibility index (Phi) is 2.02. The minimum atomic E-state index is -3.85. The molecule has 0 atom stereocenters. The number of sulfonamides is 1. The van der Waals surface area contributed by atoms with Gasteiger partial charge in [0.05, 0.1) is 5.69 Å². The molecule has 0 radical (unpaired) electrons. The Morgan fingerprint density at radius 2 is 2.07 bits per heavy atom. The molecule has 0 aromatic carbocycles. The lowest BCUT2D eigenvalue weighted by molar-refractivity contribution is 0.588. The van der Waals surface area contributed by atoms with Gasteiger partial charge in [-0.15, -0.1) is 0 Å². The predicted octanol–water partition coefficient (Wildman–Crippen LogP) is -0.0759. The minimum Gasteiger partial charge on any atom is -0.335 e. The fraction of sp³-hybridized carbons (Fsp3) is 0.250. The maximum Gasteiger partial charge on any atom is 0.273 e. The van der Waals surface area contributed by atoms with Gasteiger partial charge in [0.2, 0.25) is 0 Å². The molecule has 2 rings (SSSR count). The van der Waals surface area contributed by atoms with Crippen molar-refractivity contribution in [2.24, 2.45) is 12.2 Å². The molecule has 15 heavy (non-hydrogen) atoms. The monoisotopic (exact) mass is 226 g/mol. The van der Waals surface area contributed by atoms with Crippen LogP contribution < -0.4 is 5.14 Å². The van der Waals surface area contributed by atoms with Crippen LogP contribution in [-0.2, 0) is 17.1 Å². The SMILES string of the molecule is Cc1nc(S(N)(=O)=O)nc2c1ccn2C. The van der Waals surface area contributed by atoms with Gasteiger partial charge in [0.25, 0.3) is 15.2 Å². The van der Waals surface area contributed by atoms with Crippen molar-refractivity contribution in [3.05, 3.63) is 18.0 Å². The van der Waals surface area contributed by atoms with E-state index >= 15 is 0 Å². The van der Waals surface area contributed by atoms with Crippen LogP contribution in [0.3, 0.4) is 0 Å². The summed E-state index contributed by atoms with van der Waals surface area (Å²) >= 11 is 0. The zero-order chi connectivity index (χ0) is 11.2. The number of nitrogens with two attached hydrogens (primary N) is 1. The lowest BCUT2D eigenvalue weighted by Gasteiger charge is -2.01. The van der Waals surface area contributed by atoms with Gasteiger partial charge in [-0.25, -0.2) is 18.5 Å². The summed E-state index contributed by atoms with van der Waals surface area (Å²) in [6.45, 7) is 1.72. The van der Waals surface area contributed by atoms with Crippen molar-refractivity contribution in [1.82, 2.24) is 14.5 Å². The first kappa shape index (κ1) is 10.1. The molecule has 0 aliphatic heterocycles. The van der Waals surface area contributed by atoms with Gasteiger partial charge in [-0.1, -0.05) is 0 Å². The summed E-state index contributed by atoms with van der Waals surface area (Å²) in [4.78, 5) is 7.75. The third kappa shape index (κ3) is 1.59. The molecule has 6 nitrogen and oxygen atoms in total. The molecule has 2 N–H and O–H groups in total. The molecule has 7 heteroatoms. The Morgan fingerprint density at radius 1 is 1.40 bits per heavy atom. The number of rotatable bonds is 1. The molecular weight excluding hydrogens is 216 g/mol. The molecule has 2 heterocycles. The third-order valence-corrected chi connectivity index (χ3v) is 2.84. The fourth-order valence-corrected chi connectivity index (χ4v) is 1.87. The van der Waals surface area contributed by atoms with E-state index in [4.69, 9.17) is 5.14 Å². The van der Waals surface area contributed by atoms with Gasteiger partial charge in [0.1, 0.15) is 5.65 Å². The highest BCUT2D eigenvalue weighted by molar-refractivity contribution is 7.89. The molecule has 0 spiro atoms. The highest BCUT2D eigenvalue weighted by Crippen LogP contribution is 2.16. The quantitative estimate of drug-likeness (QED) is 0.689. The first-order valence-electron chi connectivity index (χ1n) is 4.22. The highest BCUT2D eigenvalue weighted by Gasteiger charge is 2.15. The molecular formula is C8H10N4O2S. The van der Waals surface area contributed by atoms with Gasteiger partial charge in [0, 0.05) is 18.6 Å². The molecule has 0 saturated carbocycles. The van der Waals surface area contributed by atoms with Crippen LogP contribution >= 0.6 is 0 Å². The van der Waals surface area contributed by atoms with Crippen LogP contribution in [0.5, 0.6) is 0 Å². The zero-order valence-corrected chi connectivity index (χ0v) is 9.11. The van der Waals surface area contributed by atoms with Crippen LogP contribution in [0.1, 0.15) is 5.69 Å². The van der Waals surface area contributed by atoms with Gasteiger partial charge in [-0.05, 0) is 13.0 Å². The van der Waals surface area contributed by atoms with E-state index in [-0.39, 0.29) is 5.16 Å². The average molecular weight is 226 g/mol. The summed E-state index contributed by atoms with van der Waals surface area (Å²) in [5, 5.41) is 5.46. The van der Waals surface area contributed by atoms with Crippen molar-refractivity contribution in [1.29, 1.82) is 0 Å². The van der Waals surface area contributed by atoms with Gasteiger partial charge >= 0.3 is 0 Å². The molecule has 0 fully saturated rings. The number of hydrogen-bond acceptors (Lipinski definition) is 4. The Morgan fingerprint density at radius 3 is 2.67 bits per heavy atom. The van der Waals surface area contributed by atoms with E-state index in [1.165, 1.54) is 0 Å². The van der Waals surface area contributed by atoms with Crippen LogP contribution in [0.25, 0.3) is 11.0 Å². The van der Waals surface area contributed by atoms with Crippen molar-refractivity contribution in [3.8, 4) is 0 Å². The van der Waals surface area contributed by atoms with Gasteiger partial charge in [0.15, 0.2) is 0 Å². The number of fused-ring (bicyclic) bond motifs is 1. The Hall–Kier alpha value is -1.47. The average Bonchev–Trinajstić information content (AvgIpc) is 2.47. The number of aryl methyl sites for hydroxylation is 2. The van der Waals surface area contributed by atoms with E-state index in [0.29, 0.717) is 11.3 Å². The van der Waals surface area contributed by atoms with Crippen LogP contribution in [0.2, 0.25) is 0 Å². The van der Waals surface area contributed by atoms with Crippen LogP contribution in [0, 0.1) is 6.92 Å². The highest BCUT2D eigenvalue weighted by atomic mass is 32.2. The first-order chi connectivity index (χ1) is 6.89. The van der Waals surface area contributed by atoms with Crippen molar-refractivity contribution < 1.29 is 8.42 Å². The second-order valence-electron chi connectivity index (χ2n) is 3.30. The molecule has 2 aromatic heterocycles. The third-order valence-electron chi connectivity index (χ3n) is 2.15. The first-order valence-corrected chi connectivity index (χ1v) is 5.76. The number of hydrogen-bond donors (Lipinski definition) is 1. The lowest BCUT2D eigenvalue weighted by atomic mass is 10.3. The summed E-state index contributed by atoms with van der Waals surface area (Å²) in [7, 11) is -2.07. The predicted molar refractivity (Wildman–Crippen MR) is 54.6 cm³/mol. The second kappa shape index (κ2) is 3.01. The van der Waals surface area contributed by atoms with Gasteiger partial charge < -0.3 is 4.57 Å². The topological polar surface area (TPSA) is 90.9 Å². The Bertz CT molecular complexity index is 629. The Labute approximate surface area is 86.8 Å². The summed E-state index contributed by atoms with van der Waals surface area (Å²) < 4.78 is 23.9.